The van der Waals surface area contributed by atoms with Gasteiger partial charge in [0.2, 0.25) is 0 Å². The van der Waals surface area contributed by atoms with Crippen molar-refractivity contribution in [2.75, 3.05) is 7.11 Å². The molecule has 1 heterocycles. The quantitative estimate of drug-likeness (QED) is 0.455. The van der Waals surface area contributed by atoms with Crippen LogP contribution < -0.4 is 0 Å². The maximum atomic E-state index is 12.3. The van der Waals surface area contributed by atoms with E-state index in [1.165, 1.54) is 13.3 Å². The summed E-state index contributed by atoms with van der Waals surface area (Å²) in [4.78, 5) is 27.8. The monoisotopic (exact) mass is 235 g/mol. The van der Waals surface area contributed by atoms with Crippen molar-refractivity contribution in [3.05, 3.63) is 29.6 Å². The lowest BCUT2D eigenvalue weighted by Crippen LogP contribution is -2.30. The van der Waals surface area contributed by atoms with E-state index in [0.29, 0.717) is 5.56 Å². The Morgan fingerprint density at radius 1 is 1.35 bits per heavy atom. The number of nitrogens with zero attached hydrogens (tertiary/aromatic N) is 1. The fourth-order valence-electron chi connectivity index (χ4n) is 1.70. The van der Waals surface area contributed by atoms with E-state index in [1.54, 1.807) is 12.3 Å². The molecular weight excluding hydrogens is 218 g/mol. The van der Waals surface area contributed by atoms with Crippen LogP contribution in [-0.4, -0.2) is 23.8 Å². The van der Waals surface area contributed by atoms with Gasteiger partial charge in [-0.3, -0.25) is 14.6 Å². The molecule has 0 aliphatic heterocycles. The summed E-state index contributed by atoms with van der Waals surface area (Å²) < 4.78 is 4.68. The van der Waals surface area contributed by atoms with Crippen molar-refractivity contribution < 1.29 is 14.3 Å². The van der Waals surface area contributed by atoms with Gasteiger partial charge in [0.15, 0.2) is 5.78 Å². The number of hydrogen-bond acceptors (Lipinski definition) is 4. The molecule has 0 amide bonds. The van der Waals surface area contributed by atoms with Crippen LogP contribution in [0, 0.1) is 18.8 Å². The van der Waals surface area contributed by atoms with Gasteiger partial charge in [-0.25, -0.2) is 0 Å². The molecule has 1 rings (SSSR count). The van der Waals surface area contributed by atoms with E-state index in [9.17, 15) is 9.59 Å². The minimum atomic E-state index is -0.761. The first-order valence-electron chi connectivity index (χ1n) is 5.51. The van der Waals surface area contributed by atoms with Gasteiger partial charge in [-0.15, -0.1) is 0 Å². The third-order valence-electron chi connectivity index (χ3n) is 2.71. The third-order valence-corrected chi connectivity index (χ3v) is 2.71. The number of esters is 1. The van der Waals surface area contributed by atoms with Gasteiger partial charge in [0, 0.05) is 18.0 Å². The summed E-state index contributed by atoms with van der Waals surface area (Å²) in [5, 5.41) is 0. The number of pyridine rings is 1. The lowest BCUT2D eigenvalue weighted by molar-refractivity contribution is -0.144. The fourth-order valence-corrected chi connectivity index (χ4v) is 1.70. The number of carbonyl (C=O) groups excluding carboxylic acids is 2. The molecule has 1 aromatic rings. The van der Waals surface area contributed by atoms with Crippen LogP contribution in [0.3, 0.4) is 0 Å². The smallest absolute Gasteiger partial charge is 0.316 e. The molecule has 0 aliphatic carbocycles. The molecular formula is C13H17NO3. The molecule has 4 nitrogen and oxygen atoms in total. The van der Waals surface area contributed by atoms with Gasteiger partial charge in [0.05, 0.1) is 7.11 Å². The van der Waals surface area contributed by atoms with E-state index in [-0.39, 0.29) is 11.7 Å². The maximum absolute atomic E-state index is 12.3. The lowest BCUT2D eigenvalue weighted by atomic mass is 9.87. The Morgan fingerprint density at radius 2 is 2.00 bits per heavy atom. The van der Waals surface area contributed by atoms with Gasteiger partial charge in [0.25, 0.3) is 0 Å². The minimum absolute atomic E-state index is 0.102. The number of aromatic nitrogens is 1. The van der Waals surface area contributed by atoms with E-state index in [4.69, 9.17) is 0 Å². The van der Waals surface area contributed by atoms with Gasteiger partial charge >= 0.3 is 5.97 Å². The third kappa shape index (κ3) is 2.90. The zero-order valence-corrected chi connectivity index (χ0v) is 10.6. The number of Topliss-reactive ketones (excluding diaryl/α,β-unsaturated/α-hetero) is 1. The minimum Gasteiger partial charge on any atom is -0.468 e. The van der Waals surface area contributed by atoms with E-state index in [0.717, 1.165) is 5.56 Å². The fraction of sp³-hybridized carbons (Fsp3) is 0.462. The lowest BCUT2D eigenvalue weighted by Gasteiger charge is -2.17. The van der Waals surface area contributed by atoms with Crippen LogP contribution in [0.2, 0.25) is 0 Å². The summed E-state index contributed by atoms with van der Waals surface area (Å²) in [7, 11) is 1.29. The van der Waals surface area contributed by atoms with Crippen molar-refractivity contribution in [2.45, 2.75) is 20.8 Å². The molecule has 0 saturated heterocycles. The number of carbonyl (C=O) groups is 2. The number of hydrogen-bond donors (Lipinski definition) is 0. The van der Waals surface area contributed by atoms with Gasteiger partial charge in [-0.05, 0) is 24.5 Å². The Kier molecular flexibility index (Phi) is 4.37. The number of methoxy groups -OCH3 is 1. The highest BCUT2D eigenvalue weighted by molar-refractivity contribution is 6.09. The predicted molar refractivity (Wildman–Crippen MR) is 63.6 cm³/mol. The number of ketones is 1. The summed E-state index contributed by atoms with van der Waals surface area (Å²) >= 11 is 0. The van der Waals surface area contributed by atoms with Gasteiger partial charge in [0.1, 0.15) is 5.92 Å². The van der Waals surface area contributed by atoms with E-state index in [1.807, 2.05) is 20.8 Å². The predicted octanol–water partition coefficient (Wildman–Crippen LogP) is 2.02. The van der Waals surface area contributed by atoms with Crippen LogP contribution in [0.5, 0.6) is 0 Å². The normalized spacial score (nSPS) is 12.3. The molecule has 0 saturated carbocycles. The van der Waals surface area contributed by atoms with E-state index >= 15 is 0 Å². The molecule has 1 aromatic heterocycles. The molecule has 1 unspecified atom stereocenters. The number of ether oxygens (including phenoxy) is 1. The topological polar surface area (TPSA) is 56.3 Å². The zero-order chi connectivity index (χ0) is 13.0. The molecule has 0 radical (unpaired) electrons. The SMILES string of the molecule is COC(=O)C(C(=O)c1cnccc1C)C(C)C. The standard InChI is InChI=1S/C13H17NO3/c1-8(2)11(13(16)17-4)12(15)10-7-14-6-5-9(10)3/h5-8,11H,1-4H3. The largest absolute Gasteiger partial charge is 0.468 e. The highest BCUT2D eigenvalue weighted by Crippen LogP contribution is 2.20. The van der Waals surface area contributed by atoms with Crippen molar-refractivity contribution in [3.8, 4) is 0 Å². The van der Waals surface area contributed by atoms with Gasteiger partial charge in [-0.2, -0.15) is 0 Å². The Morgan fingerprint density at radius 3 is 2.47 bits per heavy atom. The van der Waals surface area contributed by atoms with Crippen LogP contribution in [0.4, 0.5) is 0 Å². The summed E-state index contributed by atoms with van der Waals surface area (Å²) in [6, 6.07) is 1.75. The van der Waals surface area contributed by atoms with Crippen molar-refractivity contribution >= 4 is 11.8 Å². The number of aryl methyl sites for hydroxylation is 1. The average molecular weight is 235 g/mol. The molecule has 17 heavy (non-hydrogen) atoms. The van der Waals surface area contributed by atoms with Crippen LogP contribution in [-0.2, 0) is 9.53 Å². The average Bonchev–Trinajstić information content (AvgIpc) is 2.28. The molecule has 92 valence electrons. The molecule has 0 bridgehead atoms. The maximum Gasteiger partial charge on any atom is 0.316 e. The Bertz CT molecular complexity index is 426. The summed E-state index contributed by atoms with van der Waals surface area (Å²) in [5.74, 6) is -1.58. The molecule has 0 aliphatic rings. The van der Waals surface area contributed by atoms with E-state index in [2.05, 4.69) is 9.72 Å². The van der Waals surface area contributed by atoms with Crippen LogP contribution in [0.15, 0.2) is 18.5 Å². The molecule has 0 N–H and O–H groups in total. The molecule has 1 atom stereocenters. The van der Waals surface area contributed by atoms with Crippen molar-refractivity contribution in [2.24, 2.45) is 11.8 Å². The first-order valence-corrected chi connectivity index (χ1v) is 5.51. The highest BCUT2D eigenvalue weighted by atomic mass is 16.5. The highest BCUT2D eigenvalue weighted by Gasteiger charge is 2.32. The van der Waals surface area contributed by atoms with Crippen LogP contribution in [0.25, 0.3) is 0 Å². The Hall–Kier alpha value is -1.71. The van der Waals surface area contributed by atoms with Gasteiger partial charge < -0.3 is 4.74 Å². The van der Waals surface area contributed by atoms with Crippen molar-refractivity contribution in [1.82, 2.24) is 4.98 Å². The molecule has 0 spiro atoms. The second kappa shape index (κ2) is 5.57. The molecule has 4 heteroatoms. The van der Waals surface area contributed by atoms with Crippen LogP contribution >= 0.6 is 0 Å². The second-order valence-corrected chi connectivity index (χ2v) is 4.30. The van der Waals surface area contributed by atoms with E-state index < -0.39 is 11.9 Å². The van der Waals surface area contributed by atoms with Crippen molar-refractivity contribution in [3.63, 3.8) is 0 Å². The van der Waals surface area contributed by atoms with Crippen molar-refractivity contribution in [1.29, 1.82) is 0 Å². The second-order valence-electron chi connectivity index (χ2n) is 4.30. The molecule has 0 fully saturated rings. The summed E-state index contributed by atoms with van der Waals surface area (Å²) in [6.45, 7) is 5.47. The first-order chi connectivity index (χ1) is 7.99. The first kappa shape index (κ1) is 13.4. The Balaban J connectivity index is 3.09. The Labute approximate surface area is 101 Å². The summed E-state index contributed by atoms with van der Waals surface area (Å²) in [6.07, 6.45) is 3.12. The van der Waals surface area contributed by atoms with Gasteiger partial charge in [-0.1, -0.05) is 13.8 Å². The number of rotatable bonds is 4. The summed E-state index contributed by atoms with van der Waals surface area (Å²) in [5.41, 5.74) is 1.30. The molecule has 0 aromatic carbocycles. The zero-order valence-electron chi connectivity index (χ0n) is 10.6. The van der Waals surface area contributed by atoms with Crippen LogP contribution in [0.1, 0.15) is 29.8 Å².